The van der Waals surface area contributed by atoms with E-state index in [1.807, 2.05) is 0 Å². The zero-order valence-electron chi connectivity index (χ0n) is 10.6. The number of hydrogen-bond donors (Lipinski definition) is 0. The normalized spacial score (nSPS) is 10.3. The molecule has 2 aromatic rings. The van der Waals surface area contributed by atoms with Crippen LogP contribution in [0, 0.1) is 0 Å². The van der Waals surface area contributed by atoms with Crippen LogP contribution in [0.5, 0.6) is 0 Å². The fourth-order valence-electron chi connectivity index (χ4n) is 1.62. The van der Waals surface area contributed by atoms with Gasteiger partial charge in [-0.2, -0.15) is 0 Å². The Morgan fingerprint density at radius 1 is 1.35 bits per heavy atom. The Hall–Kier alpha value is -1.59. The molecule has 1 aromatic heterocycles. The summed E-state index contributed by atoms with van der Waals surface area (Å²) >= 11 is 9.01. The molecule has 1 heterocycles. The van der Waals surface area contributed by atoms with Crippen LogP contribution in [0.4, 0.5) is 0 Å². The van der Waals surface area contributed by atoms with E-state index in [0.29, 0.717) is 9.50 Å². The predicted molar refractivity (Wildman–Crippen MR) is 80.0 cm³/mol. The van der Waals surface area contributed by atoms with Crippen molar-refractivity contribution < 1.29 is 9.53 Å². The van der Waals surface area contributed by atoms with Crippen LogP contribution >= 0.6 is 27.5 Å². The molecule has 20 heavy (non-hydrogen) atoms. The standard InChI is InChI=1S/C14H11BrClNO3/c1-17-7-10(15)6-12(13(17)18)14(19)20-8-9-2-4-11(16)5-3-9/h2-7H,8H2,1H3. The lowest BCUT2D eigenvalue weighted by Gasteiger charge is -2.06. The summed E-state index contributed by atoms with van der Waals surface area (Å²) in [4.78, 5) is 23.8. The van der Waals surface area contributed by atoms with Crippen molar-refractivity contribution in [1.82, 2.24) is 4.57 Å². The largest absolute Gasteiger partial charge is 0.457 e. The summed E-state index contributed by atoms with van der Waals surface area (Å²) in [6.07, 6.45) is 1.58. The van der Waals surface area contributed by atoms with Crippen LogP contribution in [0.3, 0.4) is 0 Å². The minimum Gasteiger partial charge on any atom is -0.457 e. The molecule has 0 saturated heterocycles. The number of benzene rings is 1. The highest BCUT2D eigenvalue weighted by atomic mass is 79.9. The second kappa shape index (κ2) is 6.24. The first kappa shape index (κ1) is 14.8. The van der Waals surface area contributed by atoms with E-state index >= 15 is 0 Å². The first-order valence-electron chi connectivity index (χ1n) is 5.75. The first-order valence-corrected chi connectivity index (χ1v) is 6.92. The molecular weight excluding hydrogens is 346 g/mol. The van der Waals surface area contributed by atoms with Crippen LogP contribution in [0.2, 0.25) is 5.02 Å². The molecular formula is C14H11BrClNO3. The average molecular weight is 357 g/mol. The molecule has 0 spiro atoms. The highest BCUT2D eigenvalue weighted by molar-refractivity contribution is 9.10. The van der Waals surface area contributed by atoms with Gasteiger partial charge in [-0.25, -0.2) is 4.79 Å². The lowest BCUT2D eigenvalue weighted by atomic mass is 10.2. The minimum absolute atomic E-state index is 0.00385. The van der Waals surface area contributed by atoms with E-state index in [0.717, 1.165) is 5.56 Å². The topological polar surface area (TPSA) is 48.3 Å². The number of carbonyl (C=O) groups excluding carboxylic acids is 1. The van der Waals surface area contributed by atoms with Crippen molar-refractivity contribution in [2.24, 2.45) is 7.05 Å². The van der Waals surface area contributed by atoms with Crippen molar-refractivity contribution in [3.05, 3.63) is 67.5 Å². The third-order valence-corrected chi connectivity index (χ3v) is 3.34. The Morgan fingerprint density at radius 3 is 2.65 bits per heavy atom. The zero-order valence-corrected chi connectivity index (χ0v) is 12.9. The zero-order chi connectivity index (χ0) is 14.7. The van der Waals surface area contributed by atoms with Crippen molar-refractivity contribution in [3.63, 3.8) is 0 Å². The molecule has 0 bridgehead atoms. The van der Waals surface area contributed by atoms with Crippen LogP contribution in [0.25, 0.3) is 0 Å². The summed E-state index contributed by atoms with van der Waals surface area (Å²) in [5, 5.41) is 0.612. The highest BCUT2D eigenvalue weighted by Gasteiger charge is 2.14. The molecule has 0 radical (unpaired) electrons. The maximum absolute atomic E-state index is 11.9. The molecule has 0 fully saturated rings. The maximum atomic E-state index is 11.9. The third kappa shape index (κ3) is 3.49. The summed E-state index contributed by atoms with van der Waals surface area (Å²) in [6, 6.07) is 8.39. The number of aryl methyl sites for hydroxylation is 1. The third-order valence-electron chi connectivity index (χ3n) is 2.65. The molecule has 0 saturated carbocycles. The molecule has 104 valence electrons. The van der Waals surface area contributed by atoms with Gasteiger partial charge in [-0.05, 0) is 39.7 Å². The molecule has 0 aliphatic heterocycles. The summed E-state index contributed by atoms with van der Waals surface area (Å²) < 4.78 is 7.09. The Labute approximate surface area is 129 Å². The van der Waals surface area contributed by atoms with Gasteiger partial charge in [0.15, 0.2) is 0 Å². The Kier molecular flexibility index (Phi) is 4.62. The van der Waals surface area contributed by atoms with E-state index in [1.54, 1.807) is 37.5 Å². The smallest absolute Gasteiger partial charge is 0.344 e. The van der Waals surface area contributed by atoms with Gasteiger partial charge >= 0.3 is 5.97 Å². The summed E-state index contributed by atoms with van der Waals surface area (Å²) in [5.74, 6) is -0.651. The summed E-state index contributed by atoms with van der Waals surface area (Å²) in [7, 11) is 1.57. The lowest BCUT2D eigenvalue weighted by Crippen LogP contribution is -2.25. The first-order chi connectivity index (χ1) is 9.47. The number of pyridine rings is 1. The van der Waals surface area contributed by atoms with Crippen molar-refractivity contribution in [1.29, 1.82) is 0 Å². The maximum Gasteiger partial charge on any atom is 0.344 e. The molecule has 0 unspecified atom stereocenters. The van der Waals surface area contributed by atoms with Gasteiger partial charge in [0.1, 0.15) is 12.2 Å². The van der Waals surface area contributed by atoms with E-state index < -0.39 is 11.5 Å². The van der Waals surface area contributed by atoms with Crippen LogP contribution in [0.15, 0.2) is 45.8 Å². The van der Waals surface area contributed by atoms with E-state index in [1.165, 1.54) is 10.6 Å². The molecule has 6 heteroatoms. The van der Waals surface area contributed by atoms with Gasteiger partial charge in [0.2, 0.25) is 0 Å². The Morgan fingerprint density at radius 2 is 2.00 bits per heavy atom. The van der Waals surface area contributed by atoms with Gasteiger partial charge < -0.3 is 9.30 Å². The Bertz CT molecular complexity index is 695. The number of carbonyl (C=O) groups is 1. The molecule has 0 amide bonds. The Balaban J connectivity index is 2.13. The van der Waals surface area contributed by atoms with Gasteiger partial charge in [0, 0.05) is 22.7 Å². The average Bonchev–Trinajstić information content (AvgIpc) is 2.42. The molecule has 1 aromatic carbocycles. The van der Waals surface area contributed by atoms with Gasteiger partial charge in [-0.15, -0.1) is 0 Å². The number of ether oxygens (including phenoxy) is 1. The van der Waals surface area contributed by atoms with Crippen LogP contribution < -0.4 is 5.56 Å². The fourth-order valence-corrected chi connectivity index (χ4v) is 2.29. The van der Waals surface area contributed by atoms with Gasteiger partial charge in [-0.1, -0.05) is 23.7 Å². The SMILES string of the molecule is Cn1cc(Br)cc(C(=O)OCc2ccc(Cl)cc2)c1=O. The van der Waals surface area contributed by atoms with Gasteiger partial charge in [0.05, 0.1) is 0 Å². The molecule has 4 nitrogen and oxygen atoms in total. The number of nitrogens with zero attached hydrogens (tertiary/aromatic N) is 1. The van der Waals surface area contributed by atoms with Crippen molar-refractivity contribution in [2.45, 2.75) is 6.61 Å². The lowest BCUT2D eigenvalue weighted by molar-refractivity contribution is 0.0470. The molecule has 2 rings (SSSR count). The van der Waals surface area contributed by atoms with Crippen molar-refractivity contribution >= 4 is 33.5 Å². The number of rotatable bonds is 3. The summed E-state index contributed by atoms with van der Waals surface area (Å²) in [6.45, 7) is 0.0890. The predicted octanol–water partition coefficient (Wildman–Crippen LogP) is 3.16. The van der Waals surface area contributed by atoms with E-state index in [-0.39, 0.29) is 12.2 Å². The van der Waals surface area contributed by atoms with Crippen LogP contribution in [-0.2, 0) is 18.4 Å². The number of esters is 1. The quantitative estimate of drug-likeness (QED) is 0.794. The van der Waals surface area contributed by atoms with Crippen molar-refractivity contribution in [2.75, 3.05) is 0 Å². The minimum atomic E-state index is -0.651. The summed E-state index contributed by atoms with van der Waals surface area (Å²) in [5.41, 5.74) is 0.403. The molecule has 0 aliphatic rings. The number of aromatic nitrogens is 1. The molecule has 0 atom stereocenters. The molecule has 0 aliphatic carbocycles. The van der Waals surface area contributed by atoms with E-state index in [9.17, 15) is 9.59 Å². The van der Waals surface area contributed by atoms with Crippen molar-refractivity contribution in [3.8, 4) is 0 Å². The van der Waals surface area contributed by atoms with Crippen LogP contribution in [-0.4, -0.2) is 10.5 Å². The van der Waals surface area contributed by atoms with E-state index in [2.05, 4.69) is 15.9 Å². The fraction of sp³-hybridized carbons (Fsp3) is 0.143. The second-order valence-corrected chi connectivity index (χ2v) is 5.54. The second-order valence-electron chi connectivity index (χ2n) is 4.19. The number of halogens is 2. The number of hydrogen-bond acceptors (Lipinski definition) is 3. The molecule has 0 N–H and O–H groups in total. The van der Waals surface area contributed by atoms with Gasteiger partial charge in [-0.3, -0.25) is 4.79 Å². The van der Waals surface area contributed by atoms with Gasteiger partial charge in [0.25, 0.3) is 5.56 Å². The van der Waals surface area contributed by atoms with E-state index in [4.69, 9.17) is 16.3 Å². The monoisotopic (exact) mass is 355 g/mol. The van der Waals surface area contributed by atoms with Crippen LogP contribution in [0.1, 0.15) is 15.9 Å². The highest BCUT2D eigenvalue weighted by Crippen LogP contribution is 2.12.